The highest BCUT2D eigenvalue weighted by Gasteiger charge is 2.16. The predicted molar refractivity (Wildman–Crippen MR) is 93.9 cm³/mol. The van der Waals surface area contributed by atoms with Gasteiger partial charge in [-0.1, -0.05) is 6.07 Å². The minimum Gasteiger partial charge on any atom is -0.348 e. The Balaban J connectivity index is 1.94. The number of aryl methyl sites for hydroxylation is 2. The lowest BCUT2D eigenvalue weighted by Crippen LogP contribution is -2.30. The molecular formula is C19H17F2N3O2. The maximum atomic E-state index is 13.7. The summed E-state index contributed by atoms with van der Waals surface area (Å²) in [5.74, 6) is -2.07. The van der Waals surface area contributed by atoms with E-state index in [1.54, 1.807) is 16.7 Å². The van der Waals surface area contributed by atoms with Gasteiger partial charge in [-0.05, 0) is 32.0 Å². The number of hydrogen-bond acceptors (Lipinski definition) is 3. The summed E-state index contributed by atoms with van der Waals surface area (Å²) in [5.41, 5.74) is 0.928. The molecule has 0 aliphatic rings. The smallest absolute Gasteiger partial charge is 0.257 e. The molecule has 0 saturated carbocycles. The lowest BCUT2D eigenvalue weighted by atomic mass is 10.1. The Morgan fingerprint density at radius 2 is 2.00 bits per heavy atom. The van der Waals surface area contributed by atoms with Crippen molar-refractivity contribution in [2.24, 2.45) is 0 Å². The average Bonchev–Trinajstić information content (AvgIpc) is 2.61. The summed E-state index contributed by atoms with van der Waals surface area (Å²) in [5, 5.41) is 2.85. The van der Waals surface area contributed by atoms with Crippen molar-refractivity contribution >= 4 is 16.9 Å². The molecule has 0 fully saturated rings. The third-order valence-corrected chi connectivity index (χ3v) is 4.10. The molecular weight excluding hydrogens is 340 g/mol. The molecule has 26 heavy (non-hydrogen) atoms. The molecule has 2 heterocycles. The molecule has 3 rings (SSSR count). The van der Waals surface area contributed by atoms with Gasteiger partial charge in [0.25, 0.3) is 5.91 Å². The van der Waals surface area contributed by atoms with Gasteiger partial charge in [0.1, 0.15) is 22.8 Å². The molecule has 1 N–H and O–H groups in total. The number of rotatable bonds is 4. The fourth-order valence-electron chi connectivity index (χ4n) is 2.70. The molecule has 3 aromatic rings. The van der Waals surface area contributed by atoms with Gasteiger partial charge in [-0.3, -0.25) is 9.59 Å². The van der Waals surface area contributed by atoms with Crippen molar-refractivity contribution in [3.63, 3.8) is 0 Å². The first-order valence-electron chi connectivity index (χ1n) is 8.13. The van der Waals surface area contributed by atoms with Crippen molar-refractivity contribution in [1.29, 1.82) is 0 Å². The summed E-state index contributed by atoms with van der Waals surface area (Å²) < 4.78 is 28.3. The van der Waals surface area contributed by atoms with Crippen LogP contribution in [-0.4, -0.2) is 15.5 Å². The maximum absolute atomic E-state index is 13.7. The van der Waals surface area contributed by atoms with Crippen LogP contribution >= 0.6 is 0 Å². The van der Waals surface area contributed by atoms with Crippen molar-refractivity contribution in [3.8, 4) is 0 Å². The van der Waals surface area contributed by atoms with E-state index < -0.39 is 23.0 Å². The van der Waals surface area contributed by atoms with E-state index in [0.717, 1.165) is 17.8 Å². The number of nitrogens with zero attached hydrogens (tertiary/aromatic N) is 2. The molecule has 0 aliphatic carbocycles. The summed E-state index contributed by atoms with van der Waals surface area (Å²) in [7, 11) is 0. The van der Waals surface area contributed by atoms with E-state index in [9.17, 15) is 18.4 Å². The third kappa shape index (κ3) is 3.33. The molecule has 134 valence electrons. The second-order valence-electron chi connectivity index (χ2n) is 5.90. The van der Waals surface area contributed by atoms with Crippen LogP contribution in [0, 0.1) is 18.6 Å². The summed E-state index contributed by atoms with van der Waals surface area (Å²) in [6, 6.07) is 6.46. The second-order valence-corrected chi connectivity index (χ2v) is 5.90. The second kappa shape index (κ2) is 7.03. The lowest BCUT2D eigenvalue weighted by Gasteiger charge is -2.12. The Morgan fingerprint density at radius 3 is 2.69 bits per heavy atom. The zero-order valence-corrected chi connectivity index (χ0v) is 14.3. The standard InChI is InChI=1S/C19H17F2N3O2/c1-3-24-10-15(17(25)14-7-4-11(2)23-18(14)24)19(26)22-9-12-5-6-13(20)8-16(12)21/h4-8,10H,3,9H2,1-2H3,(H,22,26). The first kappa shape index (κ1) is 17.7. The van der Waals surface area contributed by atoms with E-state index >= 15 is 0 Å². The minimum absolute atomic E-state index is 0.0486. The third-order valence-electron chi connectivity index (χ3n) is 4.10. The fourth-order valence-corrected chi connectivity index (χ4v) is 2.70. The van der Waals surface area contributed by atoms with E-state index in [4.69, 9.17) is 0 Å². The minimum atomic E-state index is -0.755. The summed E-state index contributed by atoms with van der Waals surface area (Å²) >= 11 is 0. The van der Waals surface area contributed by atoms with Gasteiger partial charge in [-0.15, -0.1) is 0 Å². The van der Waals surface area contributed by atoms with E-state index in [1.807, 2.05) is 13.8 Å². The monoisotopic (exact) mass is 357 g/mol. The Labute approximate surface area is 148 Å². The molecule has 0 unspecified atom stereocenters. The van der Waals surface area contributed by atoms with E-state index in [0.29, 0.717) is 17.6 Å². The van der Waals surface area contributed by atoms with Gasteiger partial charge in [0.15, 0.2) is 0 Å². The van der Waals surface area contributed by atoms with Gasteiger partial charge in [-0.25, -0.2) is 13.8 Å². The van der Waals surface area contributed by atoms with Gasteiger partial charge in [0.2, 0.25) is 5.43 Å². The van der Waals surface area contributed by atoms with Gasteiger partial charge >= 0.3 is 0 Å². The van der Waals surface area contributed by atoms with Gasteiger partial charge in [-0.2, -0.15) is 0 Å². The number of amides is 1. The number of hydrogen-bond donors (Lipinski definition) is 1. The van der Waals surface area contributed by atoms with Crippen LogP contribution < -0.4 is 10.7 Å². The van der Waals surface area contributed by atoms with Crippen molar-refractivity contribution in [1.82, 2.24) is 14.9 Å². The topological polar surface area (TPSA) is 64.0 Å². The van der Waals surface area contributed by atoms with Crippen LogP contribution in [0.5, 0.6) is 0 Å². The summed E-state index contributed by atoms with van der Waals surface area (Å²) in [6.07, 6.45) is 1.45. The maximum Gasteiger partial charge on any atom is 0.257 e. The highest BCUT2D eigenvalue weighted by Crippen LogP contribution is 2.12. The van der Waals surface area contributed by atoms with Crippen LogP contribution in [0.3, 0.4) is 0 Å². The fraction of sp³-hybridized carbons (Fsp3) is 0.211. The molecule has 0 spiro atoms. The van der Waals surface area contributed by atoms with Crippen LogP contribution in [0.15, 0.2) is 41.3 Å². The lowest BCUT2D eigenvalue weighted by molar-refractivity contribution is 0.0949. The number of fused-ring (bicyclic) bond motifs is 1. The molecule has 2 aromatic heterocycles. The first-order valence-corrected chi connectivity index (χ1v) is 8.13. The first-order chi connectivity index (χ1) is 12.4. The zero-order valence-electron chi connectivity index (χ0n) is 14.3. The molecule has 0 bridgehead atoms. The van der Waals surface area contributed by atoms with Crippen LogP contribution in [0.25, 0.3) is 11.0 Å². The summed E-state index contributed by atoms with van der Waals surface area (Å²) in [6.45, 7) is 4.08. The summed E-state index contributed by atoms with van der Waals surface area (Å²) in [4.78, 5) is 29.5. The van der Waals surface area contributed by atoms with Crippen molar-refractivity contribution in [2.45, 2.75) is 26.9 Å². The average molecular weight is 357 g/mol. The Bertz CT molecular complexity index is 1060. The molecule has 5 nitrogen and oxygen atoms in total. The molecule has 0 aliphatic heterocycles. The van der Waals surface area contributed by atoms with Gasteiger partial charge in [0.05, 0.1) is 5.39 Å². The molecule has 1 aromatic carbocycles. The molecule has 0 radical (unpaired) electrons. The van der Waals surface area contributed by atoms with Gasteiger partial charge < -0.3 is 9.88 Å². The number of carbonyl (C=O) groups is 1. The van der Waals surface area contributed by atoms with Crippen molar-refractivity contribution in [3.05, 3.63) is 75.2 Å². The van der Waals surface area contributed by atoms with Crippen LogP contribution in [-0.2, 0) is 13.1 Å². The number of nitrogens with one attached hydrogen (secondary N) is 1. The number of pyridine rings is 2. The van der Waals surface area contributed by atoms with Crippen LogP contribution in [0.4, 0.5) is 8.78 Å². The highest BCUT2D eigenvalue weighted by molar-refractivity contribution is 5.96. The molecule has 1 amide bonds. The quantitative estimate of drug-likeness (QED) is 0.781. The molecule has 0 atom stereocenters. The zero-order chi connectivity index (χ0) is 18.8. The van der Waals surface area contributed by atoms with Crippen LogP contribution in [0.1, 0.15) is 28.5 Å². The van der Waals surface area contributed by atoms with Crippen LogP contribution in [0.2, 0.25) is 0 Å². The number of carbonyl (C=O) groups excluding carboxylic acids is 1. The largest absolute Gasteiger partial charge is 0.348 e. The molecule has 0 saturated heterocycles. The van der Waals surface area contributed by atoms with Crippen molar-refractivity contribution < 1.29 is 13.6 Å². The van der Waals surface area contributed by atoms with Gasteiger partial charge in [0, 0.05) is 36.6 Å². The Kier molecular flexibility index (Phi) is 4.79. The van der Waals surface area contributed by atoms with Crippen molar-refractivity contribution in [2.75, 3.05) is 0 Å². The number of aromatic nitrogens is 2. The Morgan fingerprint density at radius 1 is 1.23 bits per heavy atom. The number of benzene rings is 1. The SMILES string of the molecule is CCn1cc(C(=O)NCc2ccc(F)cc2F)c(=O)c2ccc(C)nc21. The normalized spacial score (nSPS) is 10.9. The van der Waals surface area contributed by atoms with E-state index in [2.05, 4.69) is 10.3 Å². The number of halogens is 2. The Hall–Kier alpha value is -3.09. The van der Waals surface area contributed by atoms with E-state index in [1.165, 1.54) is 12.3 Å². The van der Waals surface area contributed by atoms with E-state index in [-0.39, 0.29) is 17.7 Å². The predicted octanol–water partition coefficient (Wildman–Crippen LogP) is 2.93. The molecule has 7 heteroatoms. The highest BCUT2D eigenvalue weighted by atomic mass is 19.1.